The van der Waals surface area contributed by atoms with Gasteiger partial charge in [0.15, 0.2) is 0 Å². The maximum absolute atomic E-state index is 11.4. The second-order valence-electron chi connectivity index (χ2n) is 3.70. The average molecular weight is 254 g/mol. The zero-order valence-electron chi connectivity index (χ0n) is 10.00. The molecule has 18 heavy (non-hydrogen) atoms. The van der Waals surface area contributed by atoms with Gasteiger partial charge >= 0.3 is 11.7 Å². The Morgan fingerprint density at radius 1 is 1.56 bits per heavy atom. The lowest BCUT2D eigenvalue weighted by atomic mass is 10.4. The van der Waals surface area contributed by atoms with E-state index in [1.165, 1.54) is 10.8 Å². The van der Waals surface area contributed by atoms with Gasteiger partial charge in [-0.1, -0.05) is 13.3 Å². The third kappa shape index (κ3) is 4.00. The van der Waals surface area contributed by atoms with Gasteiger partial charge in [-0.2, -0.15) is 0 Å². The van der Waals surface area contributed by atoms with E-state index >= 15 is 0 Å². The smallest absolute Gasteiger partial charge is 0.332 e. The number of hydrogen-bond acceptors (Lipinski definition) is 5. The predicted molar refractivity (Wildman–Crippen MR) is 63.2 cm³/mol. The molecule has 0 radical (unpaired) electrons. The summed E-state index contributed by atoms with van der Waals surface area (Å²) in [6.45, 7) is 2.15. The van der Waals surface area contributed by atoms with E-state index in [2.05, 4.69) is 0 Å². The maximum Gasteiger partial charge on any atom is 0.332 e. The van der Waals surface area contributed by atoms with Crippen molar-refractivity contribution >= 4 is 11.7 Å². The number of nitro groups is 1. The molecule has 0 saturated heterocycles. The van der Waals surface area contributed by atoms with Gasteiger partial charge in [0, 0.05) is 12.3 Å². The summed E-state index contributed by atoms with van der Waals surface area (Å²) in [7, 11) is 0. The van der Waals surface area contributed by atoms with Gasteiger partial charge in [-0.25, -0.2) is 0 Å². The highest BCUT2D eigenvalue weighted by Gasteiger charge is 2.13. The Labute approximate surface area is 103 Å². The minimum atomic E-state index is -0.777. The maximum atomic E-state index is 11.4. The third-order valence-corrected chi connectivity index (χ3v) is 2.23. The van der Waals surface area contributed by atoms with Crippen LogP contribution in [0.5, 0.6) is 0 Å². The number of pyridine rings is 1. The fourth-order valence-electron chi connectivity index (χ4n) is 1.27. The SMILES string of the molecule is CCCCOC(=O)Cn1ccc(=O)c([N+](=O)[O-])c1. The fraction of sp³-hybridized carbons (Fsp3) is 0.455. The molecule has 0 spiro atoms. The highest BCUT2D eigenvalue weighted by atomic mass is 16.6. The Morgan fingerprint density at radius 3 is 2.89 bits per heavy atom. The number of carbonyl (C=O) groups is 1. The monoisotopic (exact) mass is 254 g/mol. The molecule has 0 unspecified atom stereocenters. The molecule has 0 aliphatic carbocycles. The van der Waals surface area contributed by atoms with Gasteiger partial charge in [-0.15, -0.1) is 0 Å². The fourth-order valence-corrected chi connectivity index (χ4v) is 1.27. The molecule has 0 aliphatic rings. The standard InChI is InChI=1S/C11H14N2O5/c1-2-3-6-18-11(15)8-12-5-4-10(14)9(7-12)13(16)17/h4-5,7H,2-3,6,8H2,1H3. The molecule has 0 atom stereocenters. The van der Waals surface area contributed by atoms with E-state index in [1.54, 1.807) is 0 Å². The summed E-state index contributed by atoms with van der Waals surface area (Å²) in [4.78, 5) is 32.3. The molecular formula is C11H14N2O5. The van der Waals surface area contributed by atoms with Crippen molar-refractivity contribution in [3.05, 3.63) is 38.8 Å². The molecule has 0 saturated carbocycles. The second kappa shape index (κ2) is 6.53. The number of unbranched alkanes of at least 4 members (excludes halogenated alkanes) is 1. The highest BCUT2D eigenvalue weighted by molar-refractivity contribution is 5.69. The van der Waals surface area contributed by atoms with E-state index in [0.717, 1.165) is 25.1 Å². The molecule has 1 rings (SSSR count). The number of rotatable bonds is 6. The molecule has 1 aromatic heterocycles. The lowest BCUT2D eigenvalue weighted by Crippen LogP contribution is -2.17. The van der Waals surface area contributed by atoms with Crippen LogP contribution in [0.3, 0.4) is 0 Å². The molecule has 1 aromatic rings. The molecule has 98 valence electrons. The molecule has 0 fully saturated rings. The number of ether oxygens (including phenoxy) is 1. The van der Waals surface area contributed by atoms with Crippen molar-refractivity contribution in [2.24, 2.45) is 0 Å². The summed E-state index contributed by atoms with van der Waals surface area (Å²) in [5.74, 6) is -0.485. The summed E-state index contributed by atoms with van der Waals surface area (Å²) in [6.07, 6.45) is 4.03. The Kier molecular flexibility index (Phi) is 5.04. The van der Waals surface area contributed by atoms with E-state index in [1.807, 2.05) is 6.92 Å². The molecule has 0 amide bonds. The van der Waals surface area contributed by atoms with Crippen molar-refractivity contribution in [2.75, 3.05) is 6.61 Å². The predicted octanol–water partition coefficient (Wildman–Crippen LogP) is 1.10. The average Bonchev–Trinajstić information content (AvgIpc) is 2.31. The first-order valence-electron chi connectivity index (χ1n) is 5.54. The first-order valence-corrected chi connectivity index (χ1v) is 5.54. The van der Waals surface area contributed by atoms with Gasteiger partial charge in [0.1, 0.15) is 6.54 Å². The Bertz CT molecular complexity index is 494. The number of aromatic nitrogens is 1. The quantitative estimate of drug-likeness (QED) is 0.328. The number of nitrogens with zero attached hydrogens (tertiary/aromatic N) is 2. The zero-order chi connectivity index (χ0) is 13.5. The Morgan fingerprint density at radius 2 is 2.28 bits per heavy atom. The van der Waals surface area contributed by atoms with Crippen LogP contribution in [-0.4, -0.2) is 22.1 Å². The molecule has 0 aromatic carbocycles. The zero-order valence-corrected chi connectivity index (χ0v) is 10.00. The van der Waals surface area contributed by atoms with Gasteiger partial charge in [0.2, 0.25) is 0 Å². The van der Waals surface area contributed by atoms with Crippen LogP contribution in [0.15, 0.2) is 23.3 Å². The molecule has 0 aliphatic heterocycles. The minimum Gasteiger partial charge on any atom is -0.464 e. The van der Waals surface area contributed by atoms with Crippen molar-refractivity contribution in [2.45, 2.75) is 26.3 Å². The van der Waals surface area contributed by atoms with Crippen molar-refractivity contribution < 1.29 is 14.5 Å². The molecule has 7 nitrogen and oxygen atoms in total. The molecule has 1 heterocycles. The van der Waals surface area contributed by atoms with Crippen LogP contribution in [0.25, 0.3) is 0 Å². The highest BCUT2D eigenvalue weighted by Crippen LogP contribution is 2.02. The third-order valence-electron chi connectivity index (χ3n) is 2.23. The Hall–Kier alpha value is -2.18. The Balaban J connectivity index is 2.68. The summed E-state index contributed by atoms with van der Waals surface area (Å²) in [5, 5.41) is 10.5. The van der Waals surface area contributed by atoms with E-state index in [4.69, 9.17) is 4.74 Å². The van der Waals surface area contributed by atoms with Crippen LogP contribution in [-0.2, 0) is 16.1 Å². The first kappa shape index (κ1) is 13.9. The lowest BCUT2D eigenvalue weighted by Gasteiger charge is -2.06. The number of esters is 1. The molecule has 0 N–H and O–H groups in total. The second-order valence-corrected chi connectivity index (χ2v) is 3.70. The van der Waals surface area contributed by atoms with Crippen molar-refractivity contribution in [3.8, 4) is 0 Å². The van der Waals surface area contributed by atoms with Crippen molar-refractivity contribution in [1.82, 2.24) is 4.57 Å². The normalized spacial score (nSPS) is 10.1. The van der Waals surface area contributed by atoms with Gasteiger partial charge in [-0.3, -0.25) is 19.7 Å². The van der Waals surface area contributed by atoms with E-state index in [9.17, 15) is 19.7 Å². The van der Waals surface area contributed by atoms with Crippen LogP contribution in [0.1, 0.15) is 19.8 Å². The van der Waals surface area contributed by atoms with Gasteiger partial charge in [0.05, 0.1) is 17.7 Å². The summed E-state index contributed by atoms with van der Waals surface area (Å²) >= 11 is 0. The van der Waals surface area contributed by atoms with Crippen LogP contribution in [0.2, 0.25) is 0 Å². The topological polar surface area (TPSA) is 91.4 Å². The van der Waals surface area contributed by atoms with Crippen LogP contribution < -0.4 is 5.43 Å². The minimum absolute atomic E-state index is 0.148. The van der Waals surface area contributed by atoms with E-state index in [-0.39, 0.29) is 6.54 Å². The molecule has 0 bridgehead atoms. The van der Waals surface area contributed by atoms with Crippen LogP contribution in [0, 0.1) is 10.1 Å². The van der Waals surface area contributed by atoms with E-state index < -0.39 is 22.0 Å². The lowest BCUT2D eigenvalue weighted by molar-refractivity contribution is -0.386. The van der Waals surface area contributed by atoms with Crippen molar-refractivity contribution in [1.29, 1.82) is 0 Å². The van der Waals surface area contributed by atoms with Crippen LogP contribution in [0.4, 0.5) is 5.69 Å². The van der Waals surface area contributed by atoms with Crippen LogP contribution >= 0.6 is 0 Å². The van der Waals surface area contributed by atoms with Gasteiger partial charge in [0.25, 0.3) is 5.43 Å². The summed E-state index contributed by atoms with van der Waals surface area (Å²) < 4.78 is 6.17. The summed E-state index contributed by atoms with van der Waals surface area (Å²) in [6, 6.07) is 1.05. The summed E-state index contributed by atoms with van der Waals surface area (Å²) in [5.41, 5.74) is -1.24. The first-order chi connectivity index (χ1) is 8.54. The molecular weight excluding hydrogens is 240 g/mol. The number of carbonyl (C=O) groups excluding carboxylic acids is 1. The largest absolute Gasteiger partial charge is 0.464 e. The number of hydrogen-bond donors (Lipinski definition) is 0. The van der Waals surface area contributed by atoms with Gasteiger partial charge in [-0.05, 0) is 6.42 Å². The van der Waals surface area contributed by atoms with Gasteiger partial charge < -0.3 is 9.30 Å². The van der Waals surface area contributed by atoms with E-state index in [0.29, 0.717) is 6.61 Å². The molecule has 7 heteroatoms. The van der Waals surface area contributed by atoms with Crippen molar-refractivity contribution in [3.63, 3.8) is 0 Å².